The van der Waals surface area contributed by atoms with Crippen LogP contribution in [0, 0.1) is 0 Å². The Morgan fingerprint density at radius 2 is 2.05 bits per heavy atom. The van der Waals surface area contributed by atoms with Gasteiger partial charge in [0.2, 0.25) is 0 Å². The van der Waals surface area contributed by atoms with Crippen molar-refractivity contribution in [1.82, 2.24) is 20.0 Å². The number of rotatable bonds is 6. The number of pyridine rings is 1. The second-order valence-electron chi connectivity index (χ2n) is 4.27. The van der Waals surface area contributed by atoms with Crippen LogP contribution >= 0.6 is 0 Å². The fraction of sp³-hybridized carbons (Fsp3) is 0.385. The monoisotopic (exact) mass is 260 g/mol. The lowest BCUT2D eigenvalue weighted by atomic mass is 10.2. The number of hydrogen-bond donors (Lipinski definition) is 1. The lowest BCUT2D eigenvalue weighted by Gasteiger charge is -2.06. The van der Waals surface area contributed by atoms with Crippen molar-refractivity contribution in [1.29, 1.82) is 0 Å². The van der Waals surface area contributed by atoms with Gasteiger partial charge in [-0.1, -0.05) is 18.6 Å². The zero-order valence-electron chi connectivity index (χ0n) is 10.8. The summed E-state index contributed by atoms with van der Waals surface area (Å²) in [5.74, 6) is -1.02. The van der Waals surface area contributed by atoms with Gasteiger partial charge in [0.15, 0.2) is 5.69 Å². The van der Waals surface area contributed by atoms with Crippen molar-refractivity contribution in [2.45, 2.75) is 32.7 Å². The van der Waals surface area contributed by atoms with Gasteiger partial charge in [0.05, 0.1) is 5.69 Å². The van der Waals surface area contributed by atoms with E-state index in [0.29, 0.717) is 18.7 Å². The number of aryl methyl sites for hydroxylation is 2. The van der Waals surface area contributed by atoms with Crippen molar-refractivity contribution in [2.24, 2.45) is 0 Å². The number of carboxylic acid groups (broad SMARTS) is 1. The van der Waals surface area contributed by atoms with Crippen molar-refractivity contribution in [3.8, 4) is 0 Å². The molecule has 6 heteroatoms. The average Bonchev–Trinajstić information content (AvgIpc) is 2.81. The Bertz CT molecular complexity index is 551. The fourth-order valence-electron chi connectivity index (χ4n) is 1.95. The molecule has 0 saturated carbocycles. The van der Waals surface area contributed by atoms with E-state index in [9.17, 15) is 4.79 Å². The average molecular weight is 260 g/mol. The SMILES string of the molecule is CCCc1c(C(=O)O)nnn1CCc1ccncc1. The summed E-state index contributed by atoms with van der Waals surface area (Å²) in [5.41, 5.74) is 1.91. The first-order chi connectivity index (χ1) is 9.22. The summed E-state index contributed by atoms with van der Waals surface area (Å²) >= 11 is 0. The van der Waals surface area contributed by atoms with Crippen molar-refractivity contribution in [2.75, 3.05) is 0 Å². The number of carboxylic acids is 1. The predicted molar refractivity (Wildman–Crippen MR) is 68.9 cm³/mol. The first-order valence-electron chi connectivity index (χ1n) is 6.27. The summed E-state index contributed by atoms with van der Waals surface area (Å²) in [7, 11) is 0. The third kappa shape index (κ3) is 3.15. The van der Waals surface area contributed by atoms with Crippen LogP contribution in [0.25, 0.3) is 0 Å². The maximum Gasteiger partial charge on any atom is 0.358 e. The molecule has 6 nitrogen and oxygen atoms in total. The van der Waals surface area contributed by atoms with E-state index in [1.54, 1.807) is 17.1 Å². The van der Waals surface area contributed by atoms with Gasteiger partial charge in [-0.25, -0.2) is 9.48 Å². The number of hydrogen-bond acceptors (Lipinski definition) is 4. The van der Waals surface area contributed by atoms with Gasteiger partial charge in [0.25, 0.3) is 0 Å². The van der Waals surface area contributed by atoms with Crippen LogP contribution in [0.3, 0.4) is 0 Å². The van der Waals surface area contributed by atoms with E-state index < -0.39 is 5.97 Å². The van der Waals surface area contributed by atoms with E-state index in [4.69, 9.17) is 5.11 Å². The van der Waals surface area contributed by atoms with Gasteiger partial charge in [-0.05, 0) is 30.5 Å². The van der Waals surface area contributed by atoms with Crippen LogP contribution in [0.1, 0.15) is 35.1 Å². The minimum absolute atomic E-state index is 0.0663. The summed E-state index contributed by atoms with van der Waals surface area (Å²) in [6, 6.07) is 3.88. The normalized spacial score (nSPS) is 10.6. The lowest BCUT2D eigenvalue weighted by molar-refractivity contribution is 0.0689. The molecule has 2 aromatic heterocycles. The molecule has 0 radical (unpaired) electrons. The first-order valence-corrected chi connectivity index (χ1v) is 6.27. The molecular formula is C13H16N4O2. The lowest BCUT2D eigenvalue weighted by Crippen LogP contribution is -2.10. The molecule has 0 fully saturated rings. The summed E-state index contributed by atoms with van der Waals surface area (Å²) < 4.78 is 1.69. The molecule has 0 aliphatic carbocycles. The van der Waals surface area contributed by atoms with Crippen molar-refractivity contribution in [3.63, 3.8) is 0 Å². The van der Waals surface area contributed by atoms with E-state index in [0.717, 1.165) is 18.4 Å². The second-order valence-corrected chi connectivity index (χ2v) is 4.27. The summed E-state index contributed by atoms with van der Waals surface area (Å²) in [6.07, 6.45) is 5.80. The van der Waals surface area contributed by atoms with Gasteiger partial charge in [-0.3, -0.25) is 4.98 Å². The maximum absolute atomic E-state index is 11.1. The Labute approximate surface area is 111 Å². The predicted octanol–water partition coefficient (Wildman–Crippen LogP) is 1.57. The van der Waals surface area contributed by atoms with Crippen LogP contribution in [-0.4, -0.2) is 31.1 Å². The van der Waals surface area contributed by atoms with Gasteiger partial charge in [-0.2, -0.15) is 0 Å². The van der Waals surface area contributed by atoms with Crippen molar-refractivity contribution in [3.05, 3.63) is 41.5 Å². The van der Waals surface area contributed by atoms with E-state index >= 15 is 0 Å². The number of aromatic carboxylic acids is 1. The van der Waals surface area contributed by atoms with Crippen molar-refractivity contribution < 1.29 is 9.90 Å². The van der Waals surface area contributed by atoms with Gasteiger partial charge in [-0.15, -0.1) is 5.10 Å². The minimum Gasteiger partial charge on any atom is -0.476 e. The second kappa shape index (κ2) is 6.08. The number of nitrogens with zero attached hydrogens (tertiary/aromatic N) is 4. The number of carbonyl (C=O) groups is 1. The first kappa shape index (κ1) is 13.2. The highest BCUT2D eigenvalue weighted by Gasteiger charge is 2.17. The Kier molecular flexibility index (Phi) is 4.22. The van der Waals surface area contributed by atoms with E-state index in [-0.39, 0.29) is 5.69 Å². The van der Waals surface area contributed by atoms with Gasteiger partial charge < -0.3 is 5.11 Å². The summed E-state index contributed by atoms with van der Waals surface area (Å²) in [4.78, 5) is 15.0. The van der Waals surface area contributed by atoms with Crippen LogP contribution in [0.5, 0.6) is 0 Å². The maximum atomic E-state index is 11.1. The van der Waals surface area contributed by atoms with Crippen molar-refractivity contribution >= 4 is 5.97 Å². The Morgan fingerprint density at radius 3 is 2.68 bits per heavy atom. The Hall–Kier alpha value is -2.24. The highest BCUT2D eigenvalue weighted by atomic mass is 16.4. The molecule has 0 aromatic carbocycles. The highest BCUT2D eigenvalue weighted by Crippen LogP contribution is 2.10. The summed E-state index contributed by atoms with van der Waals surface area (Å²) in [5, 5.41) is 16.8. The minimum atomic E-state index is -1.02. The molecule has 0 atom stereocenters. The quantitative estimate of drug-likeness (QED) is 0.852. The van der Waals surface area contributed by atoms with E-state index in [2.05, 4.69) is 15.3 Å². The van der Waals surface area contributed by atoms with Gasteiger partial charge in [0.1, 0.15) is 0 Å². The van der Waals surface area contributed by atoms with E-state index in [1.165, 1.54) is 0 Å². The van der Waals surface area contributed by atoms with Crippen LogP contribution in [0.2, 0.25) is 0 Å². The molecule has 19 heavy (non-hydrogen) atoms. The largest absolute Gasteiger partial charge is 0.476 e. The fourth-order valence-corrected chi connectivity index (χ4v) is 1.95. The smallest absolute Gasteiger partial charge is 0.358 e. The standard InChI is InChI=1S/C13H16N4O2/c1-2-3-11-12(13(18)19)15-16-17(11)9-6-10-4-7-14-8-5-10/h4-5,7-8H,2-3,6,9H2,1H3,(H,18,19). The van der Waals surface area contributed by atoms with Gasteiger partial charge in [0, 0.05) is 18.9 Å². The van der Waals surface area contributed by atoms with Crippen LogP contribution < -0.4 is 0 Å². The Morgan fingerprint density at radius 1 is 1.32 bits per heavy atom. The van der Waals surface area contributed by atoms with Crippen LogP contribution in [0.4, 0.5) is 0 Å². The Balaban J connectivity index is 2.14. The zero-order chi connectivity index (χ0) is 13.7. The third-order valence-electron chi connectivity index (χ3n) is 2.89. The molecule has 0 bridgehead atoms. The zero-order valence-corrected chi connectivity index (χ0v) is 10.8. The molecule has 100 valence electrons. The molecule has 0 aliphatic heterocycles. The molecule has 2 aromatic rings. The third-order valence-corrected chi connectivity index (χ3v) is 2.89. The molecule has 0 amide bonds. The molecule has 0 aliphatic rings. The molecular weight excluding hydrogens is 244 g/mol. The van der Waals surface area contributed by atoms with Gasteiger partial charge >= 0.3 is 5.97 Å². The molecule has 0 spiro atoms. The number of aromatic nitrogens is 4. The summed E-state index contributed by atoms with van der Waals surface area (Å²) in [6.45, 7) is 2.63. The van der Waals surface area contributed by atoms with Crippen LogP contribution in [-0.2, 0) is 19.4 Å². The molecule has 2 heterocycles. The topological polar surface area (TPSA) is 80.9 Å². The molecule has 2 rings (SSSR count). The van der Waals surface area contributed by atoms with Crippen LogP contribution in [0.15, 0.2) is 24.5 Å². The molecule has 0 saturated heterocycles. The molecule has 1 N–H and O–H groups in total. The highest BCUT2D eigenvalue weighted by molar-refractivity contribution is 5.86. The molecule has 0 unspecified atom stereocenters. The van der Waals surface area contributed by atoms with E-state index in [1.807, 2.05) is 19.1 Å².